The van der Waals surface area contributed by atoms with E-state index in [9.17, 15) is 0 Å². The zero-order valence-corrected chi connectivity index (χ0v) is 11.5. The molecule has 1 unspecified atom stereocenters. The predicted octanol–water partition coefficient (Wildman–Crippen LogP) is 3.39. The topological polar surface area (TPSA) is 38.0 Å². The summed E-state index contributed by atoms with van der Waals surface area (Å²) < 4.78 is 0. The van der Waals surface area contributed by atoms with Gasteiger partial charge in [-0.2, -0.15) is 0 Å². The molecule has 0 aliphatic carbocycles. The molecule has 2 rings (SSSR count). The molecule has 0 spiro atoms. The number of aryl methyl sites for hydroxylation is 2. The molecule has 0 aromatic heterocycles. The minimum absolute atomic E-state index is 0.215. The van der Waals surface area contributed by atoms with Crippen LogP contribution in [0.5, 0.6) is 0 Å². The van der Waals surface area contributed by atoms with E-state index < -0.39 is 0 Å². The van der Waals surface area contributed by atoms with E-state index in [-0.39, 0.29) is 6.04 Å². The molecule has 0 fully saturated rings. The fraction of sp³-hybridized carbons (Fsp3) is 0.294. The Kier molecular flexibility index (Phi) is 5.13. The van der Waals surface area contributed by atoms with Crippen LogP contribution in [0.4, 0.5) is 0 Å². The van der Waals surface area contributed by atoms with E-state index in [1.807, 2.05) is 6.07 Å². The van der Waals surface area contributed by atoms with Crippen LogP contribution < -0.4 is 11.3 Å². The normalized spacial score (nSPS) is 12.3. The molecule has 0 heterocycles. The van der Waals surface area contributed by atoms with E-state index in [0.29, 0.717) is 0 Å². The van der Waals surface area contributed by atoms with Crippen molar-refractivity contribution in [2.45, 2.75) is 32.2 Å². The monoisotopic (exact) mass is 254 g/mol. The number of nitrogens with one attached hydrogen (secondary N) is 1. The lowest BCUT2D eigenvalue weighted by Crippen LogP contribution is -2.28. The van der Waals surface area contributed by atoms with Crippen molar-refractivity contribution in [3.8, 4) is 0 Å². The quantitative estimate of drug-likeness (QED) is 0.612. The van der Waals surface area contributed by atoms with Gasteiger partial charge in [-0.15, -0.1) is 0 Å². The largest absolute Gasteiger partial charge is 0.271 e. The van der Waals surface area contributed by atoms with Crippen LogP contribution in [0.2, 0.25) is 0 Å². The number of benzene rings is 2. The smallest absolute Gasteiger partial charge is 0.0463 e. The summed E-state index contributed by atoms with van der Waals surface area (Å²) in [6, 6.07) is 19.4. The van der Waals surface area contributed by atoms with Gasteiger partial charge < -0.3 is 0 Å². The fourth-order valence-corrected chi connectivity index (χ4v) is 2.33. The van der Waals surface area contributed by atoms with Gasteiger partial charge >= 0.3 is 0 Å². The van der Waals surface area contributed by atoms with E-state index in [1.54, 1.807) is 0 Å². The lowest BCUT2D eigenvalue weighted by Gasteiger charge is -2.17. The second kappa shape index (κ2) is 7.07. The first-order chi connectivity index (χ1) is 9.33. The van der Waals surface area contributed by atoms with Crippen LogP contribution in [-0.2, 0) is 12.8 Å². The van der Waals surface area contributed by atoms with E-state index in [1.165, 1.54) is 16.7 Å². The first-order valence-corrected chi connectivity index (χ1v) is 6.92. The predicted molar refractivity (Wildman–Crippen MR) is 80.6 cm³/mol. The van der Waals surface area contributed by atoms with Crippen LogP contribution in [0, 0.1) is 0 Å². The van der Waals surface area contributed by atoms with Gasteiger partial charge in [0.15, 0.2) is 0 Å². The number of rotatable bonds is 6. The summed E-state index contributed by atoms with van der Waals surface area (Å²) in [4.78, 5) is 0. The molecule has 2 heteroatoms. The average Bonchev–Trinajstić information content (AvgIpc) is 2.49. The van der Waals surface area contributed by atoms with Crippen molar-refractivity contribution in [2.24, 2.45) is 5.84 Å². The molecule has 19 heavy (non-hydrogen) atoms. The number of hydrogen-bond acceptors (Lipinski definition) is 2. The van der Waals surface area contributed by atoms with Gasteiger partial charge in [-0.3, -0.25) is 11.3 Å². The van der Waals surface area contributed by atoms with Gasteiger partial charge in [0.2, 0.25) is 0 Å². The zero-order chi connectivity index (χ0) is 13.5. The number of nitrogens with two attached hydrogens (primary N) is 1. The van der Waals surface area contributed by atoms with Crippen LogP contribution in [-0.4, -0.2) is 0 Å². The Labute approximate surface area is 115 Å². The molecular weight excluding hydrogens is 232 g/mol. The van der Waals surface area contributed by atoms with E-state index in [0.717, 1.165) is 19.3 Å². The van der Waals surface area contributed by atoms with E-state index in [2.05, 4.69) is 60.9 Å². The van der Waals surface area contributed by atoms with Crippen molar-refractivity contribution in [1.82, 2.24) is 5.43 Å². The molecule has 3 N–H and O–H groups in total. The zero-order valence-electron chi connectivity index (χ0n) is 11.5. The maximum atomic E-state index is 5.71. The Hall–Kier alpha value is -1.64. The average molecular weight is 254 g/mol. The van der Waals surface area contributed by atoms with Crippen molar-refractivity contribution in [1.29, 1.82) is 0 Å². The molecule has 1 atom stereocenters. The van der Waals surface area contributed by atoms with Gasteiger partial charge in [-0.1, -0.05) is 61.5 Å². The van der Waals surface area contributed by atoms with Gasteiger partial charge in [0.05, 0.1) is 0 Å². The van der Waals surface area contributed by atoms with Crippen molar-refractivity contribution in [3.63, 3.8) is 0 Å². The van der Waals surface area contributed by atoms with Crippen molar-refractivity contribution in [2.75, 3.05) is 0 Å². The van der Waals surface area contributed by atoms with Crippen LogP contribution in [0.25, 0.3) is 0 Å². The summed E-state index contributed by atoms with van der Waals surface area (Å²) >= 11 is 0. The Morgan fingerprint density at radius 3 is 2.42 bits per heavy atom. The highest BCUT2D eigenvalue weighted by Gasteiger charge is 2.09. The molecule has 0 saturated heterocycles. The molecule has 0 amide bonds. The second-order valence-electron chi connectivity index (χ2n) is 4.84. The van der Waals surface area contributed by atoms with Crippen molar-refractivity contribution in [3.05, 3.63) is 71.3 Å². The summed E-state index contributed by atoms with van der Waals surface area (Å²) in [5.41, 5.74) is 6.93. The summed E-state index contributed by atoms with van der Waals surface area (Å²) in [6.45, 7) is 2.17. The lowest BCUT2D eigenvalue weighted by molar-refractivity contribution is 0.516. The summed E-state index contributed by atoms with van der Waals surface area (Å²) in [6.07, 6.45) is 3.10. The first-order valence-electron chi connectivity index (χ1n) is 6.92. The third-order valence-corrected chi connectivity index (χ3v) is 3.53. The SMILES string of the molecule is CCc1cccc(C(CCc2ccccc2)NN)c1. The summed E-state index contributed by atoms with van der Waals surface area (Å²) in [5, 5.41) is 0. The van der Waals surface area contributed by atoms with Gasteiger partial charge in [-0.05, 0) is 36.0 Å². The molecule has 2 aromatic rings. The lowest BCUT2D eigenvalue weighted by atomic mass is 9.97. The van der Waals surface area contributed by atoms with E-state index in [4.69, 9.17) is 5.84 Å². The van der Waals surface area contributed by atoms with E-state index >= 15 is 0 Å². The number of hydrogen-bond donors (Lipinski definition) is 2. The highest BCUT2D eigenvalue weighted by molar-refractivity contribution is 5.26. The highest BCUT2D eigenvalue weighted by atomic mass is 15.2. The van der Waals surface area contributed by atoms with Crippen LogP contribution in [0.1, 0.15) is 36.1 Å². The second-order valence-corrected chi connectivity index (χ2v) is 4.84. The maximum Gasteiger partial charge on any atom is 0.0463 e. The van der Waals surface area contributed by atoms with Crippen LogP contribution in [0.3, 0.4) is 0 Å². The standard InChI is InChI=1S/C17H22N2/c1-2-14-9-6-10-16(13-14)17(19-18)12-11-15-7-4-3-5-8-15/h3-10,13,17,19H,2,11-12,18H2,1H3. The minimum atomic E-state index is 0.215. The first kappa shape index (κ1) is 13.8. The van der Waals surface area contributed by atoms with Crippen LogP contribution in [0.15, 0.2) is 54.6 Å². The molecule has 0 radical (unpaired) electrons. The van der Waals surface area contributed by atoms with Crippen molar-refractivity contribution < 1.29 is 0 Å². The van der Waals surface area contributed by atoms with Crippen LogP contribution >= 0.6 is 0 Å². The van der Waals surface area contributed by atoms with Gasteiger partial charge in [-0.25, -0.2) is 0 Å². The molecule has 0 saturated carbocycles. The minimum Gasteiger partial charge on any atom is -0.271 e. The van der Waals surface area contributed by atoms with Gasteiger partial charge in [0, 0.05) is 6.04 Å². The third-order valence-electron chi connectivity index (χ3n) is 3.53. The molecule has 0 aliphatic rings. The molecule has 0 aliphatic heterocycles. The highest BCUT2D eigenvalue weighted by Crippen LogP contribution is 2.19. The summed E-state index contributed by atoms with van der Waals surface area (Å²) in [7, 11) is 0. The summed E-state index contributed by atoms with van der Waals surface area (Å²) in [5.74, 6) is 5.71. The Balaban J connectivity index is 2.03. The molecule has 0 bridgehead atoms. The third kappa shape index (κ3) is 3.91. The Morgan fingerprint density at radius 2 is 1.74 bits per heavy atom. The molecule has 2 aromatic carbocycles. The van der Waals surface area contributed by atoms with Crippen molar-refractivity contribution >= 4 is 0 Å². The maximum absolute atomic E-state index is 5.71. The molecular formula is C17H22N2. The number of hydrazine groups is 1. The molecule has 100 valence electrons. The van der Waals surface area contributed by atoms with Gasteiger partial charge in [0.1, 0.15) is 0 Å². The Morgan fingerprint density at radius 1 is 1.00 bits per heavy atom. The fourth-order valence-electron chi connectivity index (χ4n) is 2.33. The Bertz CT molecular complexity index is 494. The molecule has 2 nitrogen and oxygen atoms in total. The van der Waals surface area contributed by atoms with Gasteiger partial charge in [0.25, 0.3) is 0 Å².